The number of carbonyl (C=O) groups excluding carboxylic acids is 1. The highest BCUT2D eigenvalue weighted by molar-refractivity contribution is 6.13. The van der Waals surface area contributed by atoms with Crippen molar-refractivity contribution in [2.24, 2.45) is 0 Å². The number of hydroxylamine groups is 3. The number of quaternary nitrogens is 1. The summed E-state index contributed by atoms with van der Waals surface area (Å²) < 4.78 is 14.1. The van der Waals surface area contributed by atoms with Crippen LogP contribution in [0.3, 0.4) is 0 Å². The van der Waals surface area contributed by atoms with Gasteiger partial charge in [-0.25, -0.2) is 9.36 Å². The van der Waals surface area contributed by atoms with Crippen LogP contribution in [0.15, 0.2) is 107 Å². The van der Waals surface area contributed by atoms with Crippen molar-refractivity contribution in [1.29, 1.82) is 5.41 Å². The van der Waals surface area contributed by atoms with E-state index < -0.39 is 10.3 Å². The second-order valence-electron chi connectivity index (χ2n) is 11.7. The van der Waals surface area contributed by atoms with Gasteiger partial charge in [0, 0.05) is 43.4 Å². The van der Waals surface area contributed by atoms with Crippen LogP contribution in [-0.2, 0) is 4.79 Å². The van der Waals surface area contributed by atoms with Gasteiger partial charge in [-0.05, 0) is 67.6 Å². The Morgan fingerprint density at radius 3 is 2.49 bits per heavy atom. The molecule has 2 aliphatic rings. The van der Waals surface area contributed by atoms with Crippen LogP contribution in [0.2, 0.25) is 0 Å². The number of benzene rings is 3. The zero-order chi connectivity index (χ0) is 33.3. The monoisotopic (exact) mass is 632 g/mol. The molecule has 0 saturated heterocycles. The van der Waals surface area contributed by atoms with Crippen molar-refractivity contribution in [3.63, 3.8) is 0 Å². The Kier molecular flexibility index (Phi) is 8.44. The fourth-order valence-electron chi connectivity index (χ4n) is 5.51. The summed E-state index contributed by atoms with van der Waals surface area (Å²) in [4.78, 5) is 29.0. The minimum Gasteiger partial charge on any atom is -0.633 e. The maximum Gasteiger partial charge on any atom is 0.339 e. The smallest absolute Gasteiger partial charge is 0.339 e. The molecule has 6 rings (SSSR count). The van der Waals surface area contributed by atoms with Gasteiger partial charge in [0.15, 0.2) is 0 Å². The van der Waals surface area contributed by atoms with E-state index in [9.17, 15) is 14.8 Å². The van der Waals surface area contributed by atoms with Gasteiger partial charge >= 0.3 is 5.69 Å². The molecular formula is C36H36N6O5. The molecular weight excluding hydrogens is 596 g/mol. The topological polar surface area (TPSA) is 125 Å². The second kappa shape index (κ2) is 12.6. The van der Waals surface area contributed by atoms with E-state index in [1.807, 2.05) is 30.3 Å². The van der Waals surface area contributed by atoms with Crippen molar-refractivity contribution in [3.8, 4) is 28.6 Å². The van der Waals surface area contributed by atoms with E-state index in [0.29, 0.717) is 51.4 Å². The molecule has 11 nitrogen and oxygen atoms in total. The van der Waals surface area contributed by atoms with E-state index in [0.717, 1.165) is 12.8 Å². The summed E-state index contributed by atoms with van der Waals surface area (Å²) in [7, 11) is 4.76. The van der Waals surface area contributed by atoms with Crippen molar-refractivity contribution >= 4 is 23.1 Å². The summed E-state index contributed by atoms with van der Waals surface area (Å²) in [6.07, 6.45) is 6.41. The molecule has 1 aliphatic carbocycles. The molecule has 47 heavy (non-hydrogen) atoms. The lowest BCUT2D eigenvalue weighted by molar-refractivity contribution is -0.865. The van der Waals surface area contributed by atoms with Crippen molar-refractivity contribution in [3.05, 3.63) is 124 Å². The molecule has 240 valence electrons. The van der Waals surface area contributed by atoms with Gasteiger partial charge in [-0.2, -0.15) is 0 Å². The third kappa shape index (κ3) is 6.28. The molecule has 11 heteroatoms. The number of amides is 1. The number of methoxy groups -OCH3 is 1. The molecule has 1 amide bonds. The van der Waals surface area contributed by atoms with Gasteiger partial charge in [0.05, 0.1) is 43.8 Å². The van der Waals surface area contributed by atoms with Crippen LogP contribution in [0.1, 0.15) is 25.5 Å². The molecule has 0 spiro atoms. The highest BCUT2D eigenvalue weighted by Crippen LogP contribution is 2.34. The van der Waals surface area contributed by atoms with Gasteiger partial charge in [0.2, 0.25) is 0 Å². The third-order valence-electron chi connectivity index (χ3n) is 8.41. The van der Waals surface area contributed by atoms with Crippen molar-refractivity contribution in [2.75, 3.05) is 38.0 Å². The zero-order valence-corrected chi connectivity index (χ0v) is 26.7. The van der Waals surface area contributed by atoms with Crippen LogP contribution >= 0.6 is 0 Å². The Balaban J connectivity index is 1.40. The molecule has 2 heterocycles. The second-order valence-corrected chi connectivity index (χ2v) is 11.7. The number of carbonyl (C=O) groups is 1. The number of rotatable bonds is 10. The molecule has 1 saturated carbocycles. The first kappa shape index (κ1) is 31.4. The average molecular weight is 633 g/mol. The molecule has 0 bridgehead atoms. The minimum atomic E-state index is -0.455. The number of hydrogen-bond donors (Lipinski definition) is 2. The number of anilines is 2. The van der Waals surface area contributed by atoms with Crippen molar-refractivity contribution in [2.45, 2.75) is 25.8 Å². The Morgan fingerprint density at radius 2 is 1.81 bits per heavy atom. The SMILES string of the molecule is COc1ccc(N(C)C(=O)/C=C/C[N+](C)([O-])C2CC2)cc1-n1c2c(n(-c3ccc(Oc4ccccc4)cc3)c1=O)C(=N)C(C)=C=CN2. The number of allylic oxidation sites excluding steroid dienone is 1. The highest BCUT2D eigenvalue weighted by Gasteiger charge is 2.34. The van der Waals surface area contributed by atoms with Crippen LogP contribution < -0.4 is 25.4 Å². The summed E-state index contributed by atoms with van der Waals surface area (Å²) in [6.45, 7) is 1.97. The number of nitrogens with one attached hydrogen (secondary N) is 2. The normalized spacial score (nSPS) is 15.3. The fraction of sp³-hybridized carbons (Fsp3) is 0.222. The third-order valence-corrected chi connectivity index (χ3v) is 8.41. The fourth-order valence-corrected chi connectivity index (χ4v) is 5.51. The molecule has 2 N–H and O–H groups in total. The minimum absolute atomic E-state index is 0.0989. The lowest BCUT2D eigenvalue weighted by Gasteiger charge is -2.38. The molecule has 1 atom stereocenters. The van der Waals surface area contributed by atoms with Gasteiger partial charge in [0.1, 0.15) is 28.8 Å². The van der Waals surface area contributed by atoms with E-state index in [2.05, 4.69) is 11.0 Å². The van der Waals surface area contributed by atoms with Gasteiger partial charge in [0.25, 0.3) is 5.91 Å². The first-order chi connectivity index (χ1) is 22.6. The summed E-state index contributed by atoms with van der Waals surface area (Å²) in [5, 5.41) is 24.8. The first-order valence-corrected chi connectivity index (χ1v) is 15.3. The molecule has 4 aromatic rings. The number of ether oxygens (including phenoxy) is 2. The molecule has 1 aromatic heterocycles. The average Bonchev–Trinajstić information content (AvgIpc) is 3.91. The van der Waals surface area contributed by atoms with Gasteiger partial charge in [-0.1, -0.05) is 23.9 Å². The number of nitrogens with zero attached hydrogens (tertiary/aromatic N) is 4. The largest absolute Gasteiger partial charge is 0.633 e. The van der Waals surface area contributed by atoms with E-state index in [1.54, 1.807) is 75.8 Å². The predicted molar refractivity (Wildman–Crippen MR) is 182 cm³/mol. The number of fused-ring (bicyclic) bond motifs is 1. The quantitative estimate of drug-likeness (QED) is 0.0970. The zero-order valence-electron chi connectivity index (χ0n) is 26.7. The van der Waals surface area contributed by atoms with E-state index in [1.165, 1.54) is 27.2 Å². The number of para-hydroxylation sites is 1. The summed E-state index contributed by atoms with van der Waals surface area (Å²) >= 11 is 0. The number of hydrogen-bond acceptors (Lipinski definition) is 7. The maximum absolute atomic E-state index is 14.4. The number of aromatic nitrogens is 2. The van der Waals surface area contributed by atoms with E-state index >= 15 is 0 Å². The van der Waals surface area contributed by atoms with E-state index in [-0.39, 0.29) is 24.2 Å². The van der Waals surface area contributed by atoms with Crippen LogP contribution in [-0.4, -0.2) is 59.2 Å². The maximum atomic E-state index is 14.4. The Bertz CT molecular complexity index is 2000. The Morgan fingerprint density at radius 1 is 1.11 bits per heavy atom. The standard InChI is InChI=1S/C36H36N6O5/c1-24-20-21-38-35-34(33(24)37)40(25-12-17-29(18-13-25)47-28-9-6-5-7-10-28)36(44)41(35)30-23-26(14-19-31(30)46-4)39(2)32(43)11-8-22-42(3,45)27-15-16-27/h5-14,17-19,21,23,27,37-38H,15-16,22H2,1-4H3/b11-8+,37-33?. The highest BCUT2D eigenvalue weighted by atomic mass is 16.5. The van der Waals surface area contributed by atoms with Crippen LogP contribution in [0.5, 0.6) is 17.2 Å². The van der Waals surface area contributed by atoms with Gasteiger partial charge in [-0.3, -0.25) is 14.8 Å². The van der Waals surface area contributed by atoms with Crippen LogP contribution in [0, 0.1) is 10.6 Å². The van der Waals surface area contributed by atoms with Crippen molar-refractivity contribution < 1.29 is 18.9 Å². The van der Waals surface area contributed by atoms with Crippen LogP contribution in [0.25, 0.3) is 11.4 Å². The van der Waals surface area contributed by atoms with Crippen molar-refractivity contribution in [1.82, 2.24) is 9.13 Å². The molecule has 0 radical (unpaired) electrons. The Hall–Kier alpha value is -5.61. The Labute approximate surface area is 272 Å². The molecule has 3 aromatic carbocycles. The molecule has 1 aliphatic heterocycles. The molecule has 1 unspecified atom stereocenters. The number of imidazole rings is 1. The van der Waals surface area contributed by atoms with Crippen LogP contribution in [0.4, 0.5) is 11.5 Å². The summed E-state index contributed by atoms with van der Waals surface area (Å²) in [5.41, 5.74) is 4.97. The molecule has 1 fully saturated rings. The predicted octanol–water partition coefficient (Wildman–Crippen LogP) is 5.91. The van der Waals surface area contributed by atoms with E-state index in [4.69, 9.17) is 14.9 Å². The lowest BCUT2D eigenvalue weighted by Crippen LogP contribution is -2.40. The first-order valence-electron chi connectivity index (χ1n) is 15.3. The summed E-state index contributed by atoms with van der Waals surface area (Å²) in [6, 6.07) is 21.6. The van der Waals surface area contributed by atoms with Gasteiger partial charge in [-0.15, -0.1) is 0 Å². The van der Waals surface area contributed by atoms with Gasteiger partial charge < -0.3 is 29.5 Å². The lowest BCUT2D eigenvalue weighted by atomic mass is 10.1. The summed E-state index contributed by atoms with van der Waals surface area (Å²) in [5.74, 6) is 1.68. The number of likely N-dealkylation sites (N-methyl/N-ethyl adjacent to an activating group) is 2.